The Hall–Kier alpha value is -1.65. The Morgan fingerprint density at radius 1 is 1.25 bits per heavy atom. The molecule has 0 heterocycles. The lowest BCUT2D eigenvalue weighted by molar-refractivity contribution is 0.446. The third kappa shape index (κ3) is 4.18. The third-order valence-corrected chi connectivity index (χ3v) is 4.84. The first-order valence-corrected chi connectivity index (χ1v) is 7.83. The fourth-order valence-electron chi connectivity index (χ4n) is 1.68. The first kappa shape index (κ1) is 16.4. The smallest absolute Gasteiger partial charge is 0.207 e. The van der Waals surface area contributed by atoms with Crippen LogP contribution in [0.3, 0.4) is 0 Å². The van der Waals surface area contributed by atoms with Crippen molar-refractivity contribution in [3.8, 4) is 0 Å². The maximum absolute atomic E-state index is 12.6. The van der Waals surface area contributed by atoms with Crippen LogP contribution in [0.1, 0.15) is 12.0 Å². The van der Waals surface area contributed by atoms with E-state index in [1.807, 2.05) is 6.92 Å². The number of benzene rings is 1. The van der Waals surface area contributed by atoms with Gasteiger partial charge in [0.2, 0.25) is 10.0 Å². The van der Waals surface area contributed by atoms with E-state index in [1.165, 1.54) is 4.31 Å². The molecule has 0 N–H and O–H groups in total. The third-order valence-electron chi connectivity index (χ3n) is 2.96. The number of nitrogens with zero attached hydrogens (tertiary/aromatic N) is 1. The molecule has 1 rings (SSSR count). The van der Waals surface area contributed by atoms with Crippen LogP contribution in [0.5, 0.6) is 0 Å². The summed E-state index contributed by atoms with van der Waals surface area (Å²) < 4.78 is 26.5. The fraction of sp³-hybridized carbons (Fsp3) is 0.250. The molecule has 0 spiro atoms. The van der Waals surface area contributed by atoms with Gasteiger partial charge >= 0.3 is 0 Å². The lowest BCUT2D eigenvalue weighted by Crippen LogP contribution is -2.32. The van der Waals surface area contributed by atoms with E-state index in [4.69, 9.17) is 0 Å². The zero-order chi connectivity index (χ0) is 15.2. The van der Waals surface area contributed by atoms with Crippen LogP contribution >= 0.6 is 0 Å². The Kier molecular flexibility index (Phi) is 5.92. The van der Waals surface area contributed by atoms with Crippen molar-refractivity contribution in [1.29, 1.82) is 0 Å². The van der Waals surface area contributed by atoms with E-state index in [1.54, 1.807) is 36.4 Å². The Morgan fingerprint density at radius 3 is 2.35 bits per heavy atom. The lowest BCUT2D eigenvalue weighted by atomic mass is 10.2. The highest BCUT2D eigenvalue weighted by molar-refractivity contribution is 7.89. The highest BCUT2D eigenvalue weighted by Crippen LogP contribution is 2.17. The van der Waals surface area contributed by atoms with Crippen LogP contribution in [0.4, 0.5) is 0 Å². The molecule has 0 atom stereocenters. The number of allylic oxidation sites excluding steroid dienone is 1. The molecular formula is C16H21NO2S. The maximum Gasteiger partial charge on any atom is 0.243 e. The largest absolute Gasteiger partial charge is 0.243 e. The molecule has 0 unspecified atom stereocenters. The summed E-state index contributed by atoms with van der Waals surface area (Å²) in [7, 11) is -3.50. The molecule has 0 saturated carbocycles. The summed E-state index contributed by atoms with van der Waals surface area (Å²) in [6.45, 7) is 13.6. The summed E-state index contributed by atoms with van der Waals surface area (Å²) in [4.78, 5) is 0.300. The standard InChI is InChI=1S/C16H21NO2S/c1-5-12-17(13-11-14(3)6-2)20(18,19)16-9-7-15(4)8-10-16/h5-10H,1-3,11-13H2,4H3. The first-order chi connectivity index (χ1) is 9.41. The molecule has 0 amide bonds. The second kappa shape index (κ2) is 7.22. The molecule has 0 aliphatic rings. The van der Waals surface area contributed by atoms with E-state index >= 15 is 0 Å². The van der Waals surface area contributed by atoms with Gasteiger partial charge in [0.05, 0.1) is 4.90 Å². The molecule has 0 radical (unpaired) electrons. The van der Waals surface area contributed by atoms with Gasteiger partial charge < -0.3 is 0 Å². The van der Waals surface area contributed by atoms with E-state index in [2.05, 4.69) is 19.7 Å². The Balaban J connectivity index is 2.99. The van der Waals surface area contributed by atoms with Gasteiger partial charge in [-0.15, -0.1) is 6.58 Å². The molecule has 0 aliphatic carbocycles. The summed E-state index contributed by atoms with van der Waals surface area (Å²) in [5, 5.41) is 0. The molecule has 1 aromatic carbocycles. The van der Waals surface area contributed by atoms with Crippen molar-refractivity contribution in [3.05, 3.63) is 67.3 Å². The van der Waals surface area contributed by atoms with E-state index < -0.39 is 10.0 Å². The summed E-state index contributed by atoms with van der Waals surface area (Å²) in [5.74, 6) is 0. The zero-order valence-electron chi connectivity index (χ0n) is 11.9. The number of hydrogen-bond donors (Lipinski definition) is 0. The van der Waals surface area contributed by atoms with Crippen molar-refractivity contribution in [2.75, 3.05) is 13.1 Å². The second-order valence-corrected chi connectivity index (χ2v) is 6.52. The molecule has 1 aromatic rings. The van der Waals surface area contributed by atoms with E-state index in [0.717, 1.165) is 11.1 Å². The van der Waals surface area contributed by atoms with Crippen molar-refractivity contribution < 1.29 is 8.42 Å². The van der Waals surface area contributed by atoms with E-state index in [9.17, 15) is 8.42 Å². The van der Waals surface area contributed by atoms with Gasteiger partial charge in [0.15, 0.2) is 0 Å². The van der Waals surface area contributed by atoms with E-state index in [0.29, 0.717) is 17.9 Å². The molecule has 20 heavy (non-hydrogen) atoms. The predicted octanol–water partition coefficient (Wildman–Crippen LogP) is 3.30. The molecule has 0 aromatic heterocycles. The Bertz CT molecular complexity index is 585. The first-order valence-electron chi connectivity index (χ1n) is 6.39. The fourth-order valence-corrected chi connectivity index (χ4v) is 3.09. The van der Waals surface area contributed by atoms with Crippen molar-refractivity contribution in [1.82, 2.24) is 4.31 Å². The number of sulfonamides is 1. The highest BCUT2D eigenvalue weighted by Gasteiger charge is 2.22. The van der Waals surface area contributed by atoms with Crippen LogP contribution in [-0.4, -0.2) is 25.8 Å². The summed E-state index contributed by atoms with van der Waals surface area (Å²) in [5.41, 5.74) is 1.84. The molecular weight excluding hydrogens is 270 g/mol. The average molecular weight is 291 g/mol. The quantitative estimate of drug-likeness (QED) is 0.544. The van der Waals surface area contributed by atoms with Crippen LogP contribution in [-0.2, 0) is 10.0 Å². The van der Waals surface area contributed by atoms with Crippen LogP contribution in [0.25, 0.3) is 0 Å². The second-order valence-electron chi connectivity index (χ2n) is 4.58. The average Bonchev–Trinajstić information content (AvgIpc) is 2.43. The van der Waals surface area contributed by atoms with Gasteiger partial charge in [0.25, 0.3) is 0 Å². The van der Waals surface area contributed by atoms with E-state index in [-0.39, 0.29) is 6.54 Å². The molecule has 3 nitrogen and oxygen atoms in total. The molecule has 0 fully saturated rings. The summed E-state index contributed by atoms with van der Waals surface area (Å²) in [6, 6.07) is 6.84. The van der Waals surface area contributed by atoms with Gasteiger partial charge in [-0.2, -0.15) is 4.31 Å². The van der Waals surface area contributed by atoms with Gasteiger partial charge in [-0.25, -0.2) is 8.42 Å². The molecule has 108 valence electrons. The minimum absolute atomic E-state index is 0.278. The van der Waals surface area contributed by atoms with Crippen LogP contribution in [0, 0.1) is 6.92 Å². The summed E-state index contributed by atoms with van der Waals surface area (Å²) in [6.07, 6.45) is 3.79. The monoisotopic (exact) mass is 291 g/mol. The minimum atomic E-state index is -3.50. The van der Waals surface area contributed by atoms with Crippen molar-refractivity contribution >= 4 is 10.0 Å². The molecule has 0 saturated heterocycles. The molecule has 4 heteroatoms. The Labute approximate surface area is 122 Å². The topological polar surface area (TPSA) is 37.4 Å². The number of aryl methyl sites for hydroxylation is 1. The van der Waals surface area contributed by atoms with Gasteiger partial charge in [-0.3, -0.25) is 0 Å². The van der Waals surface area contributed by atoms with Gasteiger partial charge in [-0.1, -0.05) is 48.6 Å². The lowest BCUT2D eigenvalue weighted by Gasteiger charge is -2.21. The zero-order valence-corrected chi connectivity index (χ0v) is 12.7. The van der Waals surface area contributed by atoms with Crippen molar-refractivity contribution in [2.24, 2.45) is 0 Å². The summed E-state index contributed by atoms with van der Waals surface area (Å²) >= 11 is 0. The van der Waals surface area contributed by atoms with Crippen LogP contribution in [0.2, 0.25) is 0 Å². The Morgan fingerprint density at radius 2 is 1.85 bits per heavy atom. The maximum atomic E-state index is 12.6. The van der Waals surface area contributed by atoms with Gasteiger partial charge in [-0.05, 0) is 25.5 Å². The van der Waals surface area contributed by atoms with Crippen molar-refractivity contribution in [2.45, 2.75) is 18.2 Å². The van der Waals surface area contributed by atoms with Crippen LogP contribution in [0.15, 0.2) is 66.6 Å². The SMILES string of the molecule is C=CCN(CCC(=C)C=C)S(=O)(=O)c1ccc(C)cc1. The van der Waals surface area contributed by atoms with Gasteiger partial charge in [0, 0.05) is 13.1 Å². The highest BCUT2D eigenvalue weighted by atomic mass is 32.2. The molecule has 0 bridgehead atoms. The molecule has 0 aliphatic heterocycles. The van der Waals surface area contributed by atoms with Crippen molar-refractivity contribution in [3.63, 3.8) is 0 Å². The number of hydrogen-bond acceptors (Lipinski definition) is 2. The van der Waals surface area contributed by atoms with Crippen LogP contribution < -0.4 is 0 Å². The predicted molar refractivity (Wildman–Crippen MR) is 84.1 cm³/mol. The number of rotatable bonds is 8. The minimum Gasteiger partial charge on any atom is -0.207 e. The van der Waals surface area contributed by atoms with Gasteiger partial charge in [0.1, 0.15) is 0 Å². The normalized spacial score (nSPS) is 11.3.